The van der Waals surface area contributed by atoms with Crippen molar-refractivity contribution in [2.45, 2.75) is 25.8 Å². The monoisotopic (exact) mass is 247 g/mol. The van der Waals surface area contributed by atoms with Crippen LogP contribution in [0.1, 0.15) is 30.3 Å². The number of rotatable bonds is 2. The standard InChI is InChI=1S/C13H14FN3O/c1-8-4-5-9(14)7-10(8)13-16-12(17-18-13)11-3-2-6-15-11/h4-5,7,11,15H,2-3,6H2,1H3. The predicted octanol–water partition coefficient (Wildman–Crippen LogP) is 2.61. The molecule has 2 heterocycles. The van der Waals surface area contributed by atoms with Gasteiger partial charge in [0.1, 0.15) is 5.82 Å². The zero-order valence-corrected chi connectivity index (χ0v) is 10.1. The lowest BCUT2D eigenvalue weighted by Gasteiger charge is -2.02. The summed E-state index contributed by atoms with van der Waals surface area (Å²) in [6, 6.07) is 4.72. The van der Waals surface area contributed by atoms with Gasteiger partial charge in [0.05, 0.1) is 6.04 Å². The molecule has 1 atom stereocenters. The van der Waals surface area contributed by atoms with Gasteiger partial charge in [-0.3, -0.25) is 0 Å². The second-order valence-electron chi connectivity index (χ2n) is 4.57. The molecular formula is C13H14FN3O. The fourth-order valence-corrected chi connectivity index (χ4v) is 2.22. The van der Waals surface area contributed by atoms with Crippen molar-refractivity contribution in [3.8, 4) is 11.5 Å². The average molecular weight is 247 g/mol. The highest BCUT2D eigenvalue weighted by molar-refractivity contribution is 5.58. The van der Waals surface area contributed by atoms with Gasteiger partial charge in [-0.05, 0) is 44.0 Å². The lowest BCUT2D eigenvalue weighted by Crippen LogP contribution is -2.14. The number of nitrogens with zero attached hydrogens (tertiary/aromatic N) is 2. The van der Waals surface area contributed by atoms with Crippen molar-refractivity contribution in [1.29, 1.82) is 0 Å². The number of halogens is 1. The first-order chi connectivity index (χ1) is 8.74. The molecule has 2 aromatic rings. The molecule has 1 aliphatic heterocycles. The maximum absolute atomic E-state index is 13.2. The fourth-order valence-electron chi connectivity index (χ4n) is 2.22. The molecule has 0 bridgehead atoms. The first kappa shape index (κ1) is 11.3. The van der Waals surface area contributed by atoms with Crippen molar-refractivity contribution in [2.75, 3.05) is 6.54 Å². The lowest BCUT2D eigenvalue weighted by atomic mass is 10.1. The normalized spacial score (nSPS) is 19.3. The summed E-state index contributed by atoms with van der Waals surface area (Å²) in [4.78, 5) is 4.36. The molecule has 0 spiro atoms. The minimum atomic E-state index is -0.297. The highest BCUT2D eigenvalue weighted by Gasteiger charge is 2.22. The number of aryl methyl sites for hydroxylation is 1. The van der Waals surface area contributed by atoms with Gasteiger partial charge < -0.3 is 9.84 Å². The SMILES string of the molecule is Cc1ccc(F)cc1-c1nc(C2CCCN2)no1. The summed E-state index contributed by atoms with van der Waals surface area (Å²) in [6.07, 6.45) is 2.13. The van der Waals surface area contributed by atoms with E-state index in [0.717, 1.165) is 24.9 Å². The number of hydrogen-bond donors (Lipinski definition) is 1. The van der Waals surface area contributed by atoms with E-state index in [9.17, 15) is 4.39 Å². The maximum atomic E-state index is 13.2. The first-order valence-electron chi connectivity index (χ1n) is 6.07. The molecule has 0 aliphatic carbocycles. The molecule has 1 aliphatic rings. The molecule has 1 aromatic carbocycles. The number of nitrogens with one attached hydrogen (secondary N) is 1. The van der Waals surface area contributed by atoms with Crippen LogP contribution in [0.15, 0.2) is 22.7 Å². The molecule has 0 saturated carbocycles. The van der Waals surface area contributed by atoms with Gasteiger partial charge in [0.15, 0.2) is 5.82 Å². The Balaban J connectivity index is 1.94. The van der Waals surface area contributed by atoms with E-state index < -0.39 is 0 Å². The van der Waals surface area contributed by atoms with Crippen LogP contribution in [0.4, 0.5) is 4.39 Å². The second-order valence-corrected chi connectivity index (χ2v) is 4.57. The quantitative estimate of drug-likeness (QED) is 0.886. The fraction of sp³-hybridized carbons (Fsp3) is 0.385. The van der Waals surface area contributed by atoms with Gasteiger partial charge >= 0.3 is 0 Å². The topological polar surface area (TPSA) is 51.0 Å². The third kappa shape index (κ3) is 2.01. The van der Waals surface area contributed by atoms with E-state index in [1.54, 1.807) is 6.07 Å². The predicted molar refractivity (Wildman–Crippen MR) is 64.4 cm³/mol. The minimum Gasteiger partial charge on any atom is -0.334 e. The summed E-state index contributed by atoms with van der Waals surface area (Å²) in [5.41, 5.74) is 1.58. The van der Waals surface area contributed by atoms with Gasteiger partial charge in [0.25, 0.3) is 5.89 Å². The van der Waals surface area contributed by atoms with Crippen molar-refractivity contribution in [1.82, 2.24) is 15.5 Å². The Kier molecular flexibility index (Phi) is 2.83. The zero-order chi connectivity index (χ0) is 12.5. The highest BCUT2D eigenvalue weighted by atomic mass is 19.1. The highest BCUT2D eigenvalue weighted by Crippen LogP contribution is 2.26. The Bertz CT molecular complexity index is 561. The molecule has 0 amide bonds. The van der Waals surface area contributed by atoms with Crippen LogP contribution in [0, 0.1) is 12.7 Å². The summed E-state index contributed by atoms with van der Waals surface area (Å²) in [7, 11) is 0. The second kappa shape index (κ2) is 4.49. The van der Waals surface area contributed by atoms with Crippen LogP contribution in [0.3, 0.4) is 0 Å². The maximum Gasteiger partial charge on any atom is 0.258 e. The Morgan fingerprint density at radius 3 is 3.11 bits per heavy atom. The molecule has 0 radical (unpaired) electrons. The molecular weight excluding hydrogens is 233 g/mol. The van der Waals surface area contributed by atoms with E-state index in [1.165, 1.54) is 12.1 Å². The third-order valence-corrected chi connectivity index (χ3v) is 3.24. The van der Waals surface area contributed by atoms with Crippen LogP contribution in [0.2, 0.25) is 0 Å². The molecule has 4 nitrogen and oxygen atoms in total. The molecule has 94 valence electrons. The van der Waals surface area contributed by atoms with E-state index >= 15 is 0 Å². The van der Waals surface area contributed by atoms with Gasteiger partial charge in [-0.1, -0.05) is 11.2 Å². The van der Waals surface area contributed by atoms with Crippen LogP contribution in [0.25, 0.3) is 11.5 Å². The van der Waals surface area contributed by atoms with Crippen LogP contribution in [-0.4, -0.2) is 16.7 Å². The van der Waals surface area contributed by atoms with Crippen molar-refractivity contribution >= 4 is 0 Å². The molecule has 1 fully saturated rings. The molecule has 1 aromatic heterocycles. The van der Waals surface area contributed by atoms with Gasteiger partial charge in [-0.2, -0.15) is 4.98 Å². The van der Waals surface area contributed by atoms with Crippen molar-refractivity contribution in [3.63, 3.8) is 0 Å². The number of hydrogen-bond acceptors (Lipinski definition) is 4. The van der Waals surface area contributed by atoms with E-state index in [2.05, 4.69) is 15.5 Å². The smallest absolute Gasteiger partial charge is 0.258 e. The van der Waals surface area contributed by atoms with Crippen LogP contribution >= 0.6 is 0 Å². The van der Waals surface area contributed by atoms with E-state index in [4.69, 9.17) is 4.52 Å². The van der Waals surface area contributed by atoms with Crippen LogP contribution in [0.5, 0.6) is 0 Å². The Morgan fingerprint density at radius 1 is 1.44 bits per heavy atom. The van der Waals surface area contributed by atoms with E-state index in [-0.39, 0.29) is 11.9 Å². The molecule has 18 heavy (non-hydrogen) atoms. The molecule has 1 saturated heterocycles. The summed E-state index contributed by atoms with van der Waals surface area (Å²) in [5.74, 6) is 0.746. The van der Waals surface area contributed by atoms with Gasteiger partial charge in [0.2, 0.25) is 0 Å². The Labute approximate surface area is 104 Å². The van der Waals surface area contributed by atoms with Crippen molar-refractivity contribution < 1.29 is 8.91 Å². The summed E-state index contributed by atoms with van der Waals surface area (Å²) >= 11 is 0. The first-order valence-corrected chi connectivity index (χ1v) is 6.07. The molecule has 5 heteroatoms. The zero-order valence-electron chi connectivity index (χ0n) is 10.1. The molecule has 1 N–H and O–H groups in total. The summed E-state index contributed by atoms with van der Waals surface area (Å²) < 4.78 is 18.5. The minimum absolute atomic E-state index is 0.163. The summed E-state index contributed by atoms with van der Waals surface area (Å²) in [5, 5.41) is 7.28. The number of aromatic nitrogens is 2. The van der Waals surface area contributed by atoms with Crippen molar-refractivity contribution in [2.24, 2.45) is 0 Å². The van der Waals surface area contributed by atoms with Crippen LogP contribution in [-0.2, 0) is 0 Å². The van der Waals surface area contributed by atoms with Gasteiger partial charge in [0, 0.05) is 5.56 Å². The van der Waals surface area contributed by atoms with Gasteiger partial charge in [-0.25, -0.2) is 4.39 Å². The van der Waals surface area contributed by atoms with Gasteiger partial charge in [-0.15, -0.1) is 0 Å². The van der Waals surface area contributed by atoms with Crippen LogP contribution < -0.4 is 5.32 Å². The largest absolute Gasteiger partial charge is 0.334 e. The van der Waals surface area contributed by atoms with Crippen molar-refractivity contribution in [3.05, 3.63) is 35.4 Å². The van der Waals surface area contributed by atoms with E-state index in [1.807, 2.05) is 6.92 Å². The average Bonchev–Trinajstić information content (AvgIpc) is 3.00. The van der Waals surface area contributed by atoms with E-state index in [0.29, 0.717) is 17.3 Å². The molecule has 1 unspecified atom stereocenters. The number of benzene rings is 1. The lowest BCUT2D eigenvalue weighted by molar-refractivity contribution is 0.412. The molecule has 3 rings (SSSR count). The Morgan fingerprint density at radius 2 is 2.33 bits per heavy atom. The summed E-state index contributed by atoms with van der Waals surface area (Å²) in [6.45, 7) is 2.87. The third-order valence-electron chi connectivity index (χ3n) is 3.24. The Hall–Kier alpha value is -1.75.